The summed E-state index contributed by atoms with van der Waals surface area (Å²) in [6, 6.07) is 0. The van der Waals surface area contributed by atoms with Crippen LogP contribution in [-0.4, -0.2) is 34.5 Å². The number of nitrogens with zero attached hydrogens (tertiary/aromatic N) is 2. The Balaban J connectivity index is 1.67. The van der Waals surface area contributed by atoms with Gasteiger partial charge in [-0.1, -0.05) is 6.92 Å². The molecule has 1 aromatic rings. The van der Waals surface area contributed by atoms with Crippen molar-refractivity contribution in [3.8, 4) is 5.75 Å². The quantitative estimate of drug-likeness (QED) is 0.421. The number of fused-ring (bicyclic) bond motifs is 1. The fourth-order valence-corrected chi connectivity index (χ4v) is 5.30. The van der Waals surface area contributed by atoms with Gasteiger partial charge in [0.1, 0.15) is 5.83 Å². The first-order valence-corrected chi connectivity index (χ1v) is 11.6. The highest BCUT2D eigenvalue weighted by atomic mass is 35.5. The fourth-order valence-electron chi connectivity index (χ4n) is 4.98. The zero-order chi connectivity index (χ0) is 24.6. The van der Waals surface area contributed by atoms with Crippen LogP contribution in [-0.2, 0) is 11.3 Å². The Kier molecular flexibility index (Phi) is 7.09. The van der Waals surface area contributed by atoms with Gasteiger partial charge in [-0.3, -0.25) is 9.53 Å². The van der Waals surface area contributed by atoms with Crippen LogP contribution in [0.1, 0.15) is 32.6 Å². The number of halogens is 5. The lowest BCUT2D eigenvalue weighted by Gasteiger charge is -2.40. The summed E-state index contributed by atoms with van der Waals surface area (Å²) < 4.78 is 63.9. The smallest absolute Gasteiger partial charge is 0.490 e. The zero-order valence-electron chi connectivity index (χ0n) is 18.7. The van der Waals surface area contributed by atoms with Gasteiger partial charge in [-0.25, -0.2) is 4.39 Å². The number of anilines is 1. The number of alkyl halides is 4. The van der Waals surface area contributed by atoms with Crippen LogP contribution in [0.15, 0.2) is 46.3 Å². The second-order valence-electron chi connectivity index (χ2n) is 9.01. The van der Waals surface area contributed by atoms with Crippen molar-refractivity contribution >= 4 is 17.5 Å². The lowest BCUT2D eigenvalue weighted by molar-refractivity contribution is -0.338. The van der Waals surface area contributed by atoms with Gasteiger partial charge in [-0.15, -0.1) is 24.8 Å². The monoisotopic (exact) mass is 503 g/mol. The molecule has 186 valence electrons. The highest BCUT2D eigenvalue weighted by Gasteiger charge is 2.43. The van der Waals surface area contributed by atoms with E-state index in [-0.39, 0.29) is 42.4 Å². The molecule has 0 saturated heterocycles. The Bertz CT molecular complexity index is 1080. The number of hydrogen-bond acceptors (Lipinski definition) is 5. The Morgan fingerprint density at radius 2 is 2.06 bits per heavy atom. The highest BCUT2D eigenvalue weighted by molar-refractivity contribution is 6.22. The van der Waals surface area contributed by atoms with E-state index in [1.54, 1.807) is 4.57 Å². The van der Waals surface area contributed by atoms with Crippen LogP contribution in [0.25, 0.3) is 0 Å². The molecule has 1 fully saturated rings. The average Bonchev–Trinajstić information content (AvgIpc) is 2.77. The van der Waals surface area contributed by atoms with E-state index in [0.29, 0.717) is 17.7 Å². The van der Waals surface area contributed by atoms with E-state index in [2.05, 4.69) is 15.0 Å². The molecule has 6 nitrogen and oxygen atoms in total. The van der Waals surface area contributed by atoms with Crippen LogP contribution in [0.5, 0.6) is 5.75 Å². The third kappa shape index (κ3) is 5.66. The van der Waals surface area contributed by atoms with E-state index >= 15 is 0 Å². The molecule has 5 unspecified atom stereocenters. The number of hydrogen-bond donors (Lipinski definition) is 1. The highest BCUT2D eigenvalue weighted by Crippen LogP contribution is 2.48. The maximum atomic E-state index is 13.9. The second kappa shape index (κ2) is 9.73. The normalized spacial score (nSPS) is 29.1. The lowest BCUT2D eigenvalue weighted by atomic mass is 9.66. The minimum atomic E-state index is -4.76. The minimum Gasteiger partial charge on any atom is -0.490 e. The van der Waals surface area contributed by atoms with E-state index in [9.17, 15) is 22.4 Å². The van der Waals surface area contributed by atoms with E-state index in [4.69, 9.17) is 16.3 Å². The Morgan fingerprint density at radius 3 is 2.68 bits per heavy atom. The predicted molar refractivity (Wildman–Crippen MR) is 119 cm³/mol. The van der Waals surface area contributed by atoms with Gasteiger partial charge in [0.2, 0.25) is 11.7 Å². The summed E-state index contributed by atoms with van der Waals surface area (Å²) in [5, 5.41) is 2.58. The fraction of sp³-hybridized carbons (Fsp3) is 0.565. The number of allylic oxidation sites excluding steroid dienone is 5. The maximum Gasteiger partial charge on any atom is 0.523 e. The van der Waals surface area contributed by atoms with Gasteiger partial charge in [0.25, 0.3) is 0 Å². The number of methoxy groups -OCH3 is 1. The Labute approximate surface area is 199 Å². The summed E-state index contributed by atoms with van der Waals surface area (Å²) in [7, 11) is 1.33. The maximum absolute atomic E-state index is 13.9. The van der Waals surface area contributed by atoms with Crippen molar-refractivity contribution in [1.82, 2.24) is 9.55 Å². The topological polar surface area (TPSA) is 65.4 Å². The molecule has 3 aliphatic carbocycles. The molecule has 0 spiro atoms. The second-order valence-corrected chi connectivity index (χ2v) is 9.58. The van der Waals surface area contributed by atoms with Crippen LogP contribution in [0.2, 0.25) is 0 Å². The van der Waals surface area contributed by atoms with Crippen LogP contribution >= 0.6 is 11.6 Å². The summed E-state index contributed by atoms with van der Waals surface area (Å²) in [6.07, 6.45) is 2.08. The Morgan fingerprint density at radius 1 is 1.29 bits per heavy atom. The molecule has 0 aliphatic heterocycles. The summed E-state index contributed by atoms with van der Waals surface area (Å²) in [4.78, 5) is 16.5. The van der Waals surface area contributed by atoms with Gasteiger partial charge < -0.3 is 14.6 Å². The first-order valence-electron chi connectivity index (χ1n) is 11.1. The molecule has 4 rings (SSSR count). The van der Waals surface area contributed by atoms with Gasteiger partial charge >= 0.3 is 11.9 Å². The third-order valence-electron chi connectivity index (χ3n) is 6.75. The standard InChI is InChI=1S/C23H26ClF4N3O3/c1-12-18-4-3-14(18)7-17(34-23(26,27)28)9-19(12)29-22-30-21(32)20(33-2)11-31(22)10-13-5-15(24)8-16(25)6-13/h6,8-9,11-12,14-15,17-18H,3-5,7,10H2,1-2H3,(H,29,30,32). The molecule has 11 heteroatoms. The summed E-state index contributed by atoms with van der Waals surface area (Å²) in [5.41, 5.74) is 0.536. The molecule has 0 aromatic carbocycles. The molecule has 5 atom stereocenters. The molecule has 1 N–H and O–H groups in total. The molecular formula is C23H26ClF4N3O3. The number of ether oxygens (including phenoxy) is 2. The van der Waals surface area contributed by atoms with Crippen molar-refractivity contribution in [2.45, 2.75) is 57.0 Å². The first-order chi connectivity index (χ1) is 16.0. The summed E-state index contributed by atoms with van der Waals surface area (Å²) in [5.74, 6) is -0.104. The van der Waals surface area contributed by atoms with Crippen LogP contribution in [0.3, 0.4) is 0 Å². The van der Waals surface area contributed by atoms with Crippen molar-refractivity contribution in [2.75, 3.05) is 12.4 Å². The van der Waals surface area contributed by atoms with Gasteiger partial charge in [0, 0.05) is 12.2 Å². The van der Waals surface area contributed by atoms with Crippen molar-refractivity contribution in [2.24, 2.45) is 17.8 Å². The summed E-state index contributed by atoms with van der Waals surface area (Å²) in [6.45, 7) is 2.10. The zero-order valence-corrected chi connectivity index (χ0v) is 19.5. The molecule has 1 heterocycles. The van der Waals surface area contributed by atoms with E-state index < -0.39 is 29.2 Å². The summed E-state index contributed by atoms with van der Waals surface area (Å²) >= 11 is 6.11. The molecule has 3 aliphatic rings. The molecule has 0 bridgehead atoms. The number of nitrogens with one attached hydrogen (secondary N) is 1. The van der Waals surface area contributed by atoms with Crippen molar-refractivity contribution in [3.05, 3.63) is 51.9 Å². The SMILES string of the molecule is COc1cn(CC2=CC(F)=CC(Cl)C2)c(NC2=CC(OC(F)(F)F)CC3CCC3C2C)nc1=O. The average molecular weight is 504 g/mol. The molecule has 1 aromatic heterocycles. The lowest BCUT2D eigenvalue weighted by Crippen LogP contribution is -2.34. The molecule has 0 radical (unpaired) electrons. The minimum absolute atomic E-state index is 0.0133. The Hall–Kier alpha value is -2.33. The van der Waals surface area contributed by atoms with Gasteiger partial charge in [0.05, 0.1) is 24.8 Å². The first kappa shape index (κ1) is 24.8. The van der Waals surface area contributed by atoms with E-state index in [1.165, 1.54) is 31.5 Å². The van der Waals surface area contributed by atoms with Crippen LogP contribution in [0, 0.1) is 17.8 Å². The molecule has 1 saturated carbocycles. The van der Waals surface area contributed by atoms with Gasteiger partial charge in [0.15, 0.2) is 0 Å². The molecular weight excluding hydrogens is 478 g/mol. The van der Waals surface area contributed by atoms with E-state index in [0.717, 1.165) is 12.8 Å². The largest absolute Gasteiger partial charge is 0.523 e. The van der Waals surface area contributed by atoms with Crippen LogP contribution in [0.4, 0.5) is 23.5 Å². The number of rotatable bonds is 6. The molecule has 34 heavy (non-hydrogen) atoms. The van der Waals surface area contributed by atoms with E-state index in [1.807, 2.05) is 6.92 Å². The van der Waals surface area contributed by atoms with Gasteiger partial charge in [-0.2, -0.15) is 4.98 Å². The number of aromatic nitrogens is 2. The predicted octanol–water partition coefficient (Wildman–Crippen LogP) is 5.31. The molecule has 0 amide bonds. The van der Waals surface area contributed by atoms with Gasteiger partial charge in [-0.05, 0) is 67.2 Å². The van der Waals surface area contributed by atoms with Crippen molar-refractivity contribution in [3.63, 3.8) is 0 Å². The van der Waals surface area contributed by atoms with Crippen molar-refractivity contribution < 1.29 is 27.0 Å². The third-order valence-corrected chi connectivity index (χ3v) is 7.03. The van der Waals surface area contributed by atoms with Crippen LogP contribution < -0.4 is 15.6 Å². The van der Waals surface area contributed by atoms with Crippen molar-refractivity contribution in [1.29, 1.82) is 0 Å².